The summed E-state index contributed by atoms with van der Waals surface area (Å²) in [6, 6.07) is 12.9. The molecule has 0 aliphatic heterocycles. The molecule has 2 nitrogen and oxygen atoms in total. The molecule has 94 valence electrons. The predicted octanol–water partition coefficient (Wildman–Crippen LogP) is 3.03. The largest absolute Gasteiger partial charge is 0.394 e. The third kappa shape index (κ3) is 2.48. The fourth-order valence-corrected chi connectivity index (χ4v) is 2.79. The molecule has 1 aromatic heterocycles. The van der Waals surface area contributed by atoms with E-state index in [9.17, 15) is 5.11 Å². The van der Waals surface area contributed by atoms with Crippen molar-refractivity contribution in [3.63, 3.8) is 0 Å². The van der Waals surface area contributed by atoms with Gasteiger partial charge >= 0.3 is 0 Å². The maximum Gasteiger partial charge on any atom is 0.0613 e. The van der Waals surface area contributed by atoms with E-state index >= 15 is 0 Å². The van der Waals surface area contributed by atoms with Gasteiger partial charge in [-0.2, -0.15) is 0 Å². The number of nitrogens with one attached hydrogen (secondary N) is 1. The number of aliphatic hydroxyl groups excluding tert-OH is 1. The molecule has 18 heavy (non-hydrogen) atoms. The maximum absolute atomic E-state index is 9.24. The fourth-order valence-electron chi connectivity index (χ4n) is 2.06. The normalized spacial score (nSPS) is 16.7. The highest BCUT2D eigenvalue weighted by Crippen LogP contribution is 2.34. The molecule has 0 saturated heterocycles. The zero-order chi connectivity index (χ0) is 12.4. The molecule has 3 heteroatoms. The van der Waals surface area contributed by atoms with Gasteiger partial charge in [-0.3, -0.25) is 0 Å². The van der Waals surface area contributed by atoms with E-state index in [1.165, 1.54) is 16.0 Å². The van der Waals surface area contributed by atoms with Crippen molar-refractivity contribution in [1.82, 2.24) is 5.32 Å². The molecule has 1 fully saturated rings. The number of hydrogen-bond donors (Lipinski definition) is 2. The zero-order valence-electron chi connectivity index (χ0n) is 10.2. The fraction of sp³-hybridized carbons (Fsp3) is 0.333. The molecular weight excluding hydrogens is 242 g/mol. The minimum atomic E-state index is 0.0203. The third-order valence-electron chi connectivity index (χ3n) is 3.58. The molecule has 0 radical (unpaired) electrons. The summed E-state index contributed by atoms with van der Waals surface area (Å²) in [5.74, 6) is 0. The van der Waals surface area contributed by atoms with E-state index in [1.807, 2.05) is 0 Å². The highest BCUT2D eigenvalue weighted by atomic mass is 32.1. The quantitative estimate of drug-likeness (QED) is 0.865. The van der Waals surface area contributed by atoms with Gasteiger partial charge in [-0.25, -0.2) is 0 Å². The molecule has 0 bridgehead atoms. The molecule has 3 rings (SSSR count). The van der Waals surface area contributed by atoms with E-state index in [2.05, 4.69) is 47.1 Å². The van der Waals surface area contributed by atoms with Crippen LogP contribution in [0.1, 0.15) is 18.4 Å². The first-order chi connectivity index (χ1) is 8.81. The molecule has 0 unspecified atom stereocenters. The Balaban J connectivity index is 1.64. The average Bonchev–Trinajstić information content (AvgIpc) is 3.00. The number of thiophene rings is 1. The monoisotopic (exact) mass is 259 g/mol. The van der Waals surface area contributed by atoms with Crippen molar-refractivity contribution >= 4 is 11.3 Å². The summed E-state index contributed by atoms with van der Waals surface area (Å²) in [5, 5.41) is 14.8. The SMILES string of the molecule is OCC1(NCc2ccc(-c3cccs3)cc2)CC1. The van der Waals surface area contributed by atoms with Crippen LogP contribution in [0.2, 0.25) is 0 Å². The molecule has 0 spiro atoms. The van der Waals surface area contributed by atoms with E-state index in [4.69, 9.17) is 0 Å². The second kappa shape index (κ2) is 4.84. The van der Waals surface area contributed by atoms with Crippen molar-refractivity contribution in [2.24, 2.45) is 0 Å². The van der Waals surface area contributed by atoms with Gasteiger partial charge in [0.1, 0.15) is 0 Å². The zero-order valence-corrected chi connectivity index (χ0v) is 11.0. The summed E-state index contributed by atoms with van der Waals surface area (Å²) in [7, 11) is 0. The van der Waals surface area contributed by atoms with Gasteiger partial charge in [0.2, 0.25) is 0 Å². The Bertz CT molecular complexity index is 500. The molecule has 0 amide bonds. The van der Waals surface area contributed by atoms with Crippen LogP contribution in [0.5, 0.6) is 0 Å². The lowest BCUT2D eigenvalue weighted by Gasteiger charge is -2.14. The van der Waals surface area contributed by atoms with Crippen LogP contribution in [0.15, 0.2) is 41.8 Å². The Labute approximate surface area is 111 Å². The molecule has 1 aromatic carbocycles. The Hall–Kier alpha value is -1.16. The lowest BCUT2D eigenvalue weighted by Crippen LogP contribution is -2.34. The molecule has 2 aromatic rings. The molecule has 0 atom stereocenters. The number of rotatable bonds is 5. The molecule has 1 aliphatic carbocycles. The summed E-state index contributed by atoms with van der Waals surface area (Å²) < 4.78 is 0. The van der Waals surface area contributed by atoms with Crippen LogP contribution in [0.3, 0.4) is 0 Å². The number of benzene rings is 1. The van der Waals surface area contributed by atoms with Crippen molar-refractivity contribution in [3.05, 3.63) is 47.3 Å². The van der Waals surface area contributed by atoms with E-state index in [-0.39, 0.29) is 12.1 Å². The van der Waals surface area contributed by atoms with Gasteiger partial charge in [0.05, 0.1) is 6.61 Å². The van der Waals surface area contributed by atoms with Gasteiger partial charge < -0.3 is 10.4 Å². The van der Waals surface area contributed by atoms with Gasteiger partial charge in [0.25, 0.3) is 0 Å². The van der Waals surface area contributed by atoms with Crippen LogP contribution >= 0.6 is 11.3 Å². The van der Waals surface area contributed by atoms with Crippen LogP contribution in [-0.4, -0.2) is 17.3 Å². The second-order valence-electron chi connectivity index (χ2n) is 4.97. The van der Waals surface area contributed by atoms with Crippen molar-refractivity contribution in [2.45, 2.75) is 24.9 Å². The Morgan fingerprint density at radius 3 is 2.50 bits per heavy atom. The maximum atomic E-state index is 9.24. The lowest BCUT2D eigenvalue weighted by molar-refractivity contribution is 0.229. The van der Waals surface area contributed by atoms with E-state index in [0.717, 1.165) is 19.4 Å². The van der Waals surface area contributed by atoms with Crippen LogP contribution < -0.4 is 5.32 Å². The van der Waals surface area contributed by atoms with Crippen LogP contribution in [0.25, 0.3) is 10.4 Å². The molecule has 1 heterocycles. The van der Waals surface area contributed by atoms with E-state index < -0.39 is 0 Å². The van der Waals surface area contributed by atoms with E-state index in [0.29, 0.717) is 0 Å². The highest BCUT2D eigenvalue weighted by Gasteiger charge is 2.41. The van der Waals surface area contributed by atoms with Crippen molar-refractivity contribution < 1.29 is 5.11 Å². The smallest absolute Gasteiger partial charge is 0.0613 e. The highest BCUT2D eigenvalue weighted by molar-refractivity contribution is 7.13. The van der Waals surface area contributed by atoms with Gasteiger partial charge in [-0.05, 0) is 35.4 Å². The summed E-state index contributed by atoms with van der Waals surface area (Å²) in [4.78, 5) is 1.31. The first kappa shape index (κ1) is 11.9. The van der Waals surface area contributed by atoms with Crippen molar-refractivity contribution in [1.29, 1.82) is 0 Å². The Morgan fingerprint density at radius 1 is 1.17 bits per heavy atom. The first-order valence-corrected chi connectivity index (χ1v) is 7.18. The van der Waals surface area contributed by atoms with Crippen molar-refractivity contribution in [2.75, 3.05) is 6.61 Å². The van der Waals surface area contributed by atoms with E-state index in [1.54, 1.807) is 11.3 Å². The summed E-state index contributed by atoms with van der Waals surface area (Å²) in [6.45, 7) is 1.09. The van der Waals surface area contributed by atoms with Crippen LogP contribution in [0, 0.1) is 0 Å². The second-order valence-corrected chi connectivity index (χ2v) is 5.91. The van der Waals surface area contributed by atoms with Gasteiger partial charge in [-0.15, -0.1) is 11.3 Å². The molecule has 1 aliphatic rings. The lowest BCUT2D eigenvalue weighted by atomic mass is 10.1. The molecule has 1 saturated carbocycles. The Kier molecular flexibility index (Phi) is 3.20. The molecule has 2 N–H and O–H groups in total. The molecular formula is C15H17NOS. The average molecular weight is 259 g/mol. The first-order valence-electron chi connectivity index (χ1n) is 6.30. The summed E-state index contributed by atoms with van der Waals surface area (Å²) >= 11 is 1.76. The van der Waals surface area contributed by atoms with Gasteiger partial charge in [-0.1, -0.05) is 30.3 Å². The minimum Gasteiger partial charge on any atom is -0.394 e. The topological polar surface area (TPSA) is 32.3 Å². The van der Waals surface area contributed by atoms with Crippen LogP contribution in [-0.2, 0) is 6.54 Å². The predicted molar refractivity (Wildman–Crippen MR) is 75.6 cm³/mol. The standard InChI is InChI=1S/C15H17NOS/c17-11-15(7-8-15)16-10-12-3-5-13(6-4-12)14-2-1-9-18-14/h1-6,9,16-17H,7-8,10-11H2. The van der Waals surface area contributed by atoms with Crippen molar-refractivity contribution in [3.8, 4) is 10.4 Å². The number of aliphatic hydroxyl groups is 1. The number of hydrogen-bond acceptors (Lipinski definition) is 3. The van der Waals surface area contributed by atoms with Gasteiger partial charge in [0.15, 0.2) is 0 Å². The summed E-state index contributed by atoms with van der Waals surface area (Å²) in [6.07, 6.45) is 2.19. The summed E-state index contributed by atoms with van der Waals surface area (Å²) in [5.41, 5.74) is 2.57. The minimum absolute atomic E-state index is 0.0203. The van der Waals surface area contributed by atoms with Gasteiger partial charge in [0, 0.05) is 17.0 Å². The van der Waals surface area contributed by atoms with Crippen LogP contribution in [0.4, 0.5) is 0 Å². The Morgan fingerprint density at radius 2 is 1.94 bits per heavy atom. The third-order valence-corrected chi connectivity index (χ3v) is 4.50.